The van der Waals surface area contributed by atoms with Gasteiger partial charge >= 0.3 is 12.0 Å². The Kier molecular flexibility index (Phi) is 8.48. The second kappa shape index (κ2) is 11.8. The van der Waals surface area contributed by atoms with Gasteiger partial charge in [0.25, 0.3) is 0 Å². The Balaban J connectivity index is 1.75. The second-order valence-corrected chi connectivity index (χ2v) is 9.22. The van der Waals surface area contributed by atoms with Gasteiger partial charge in [0.1, 0.15) is 6.61 Å². The largest absolute Gasteiger partial charge is 0.493 e. The molecule has 0 aromatic heterocycles. The summed E-state index contributed by atoms with van der Waals surface area (Å²) < 4.78 is 16.8. The van der Waals surface area contributed by atoms with Gasteiger partial charge in [-0.25, -0.2) is 9.59 Å². The Morgan fingerprint density at radius 3 is 2.43 bits per heavy atom. The molecule has 7 nitrogen and oxygen atoms in total. The number of nitrogens with one attached hydrogen (secondary N) is 2. The first-order valence-corrected chi connectivity index (χ1v) is 12.4. The third kappa shape index (κ3) is 5.96. The van der Waals surface area contributed by atoms with Gasteiger partial charge in [-0.1, -0.05) is 71.2 Å². The highest BCUT2D eigenvalue weighted by Crippen LogP contribution is 2.41. The summed E-state index contributed by atoms with van der Waals surface area (Å²) in [6, 6.07) is 16.1. The van der Waals surface area contributed by atoms with Gasteiger partial charge < -0.3 is 24.8 Å². The van der Waals surface area contributed by atoms with E-state index in [0.717, 1.165) is 0 Å². The Hall–Kier alpha value is -3.39. The van der Waals surface area contributed by atoms with Crippen LogP contribution in [0.3, 0.4) is 0 Å². The monoisotopic (exact) mass is 560 g/mol. The van der Waals surface area contributed by atoms with Crippen LogP contribution < -0.4 is 20.1 Å². The standard InChI is InChI=1S/C27H23Cl3N2O5/c1-3-36-26(33)22-23(15-7-5-4-6-8-15)31-27(34)32-24(22)17-11-20(30)25(21(12-17)35-2)37-14-16-9-10-18(28)13-19(16)29/h4-13,24H,3,14H2,1-2H3,(H2,31,32,34)/t24-/m1/s1. The summed E-state index contributed by atoms with van der Waals surface area (Å²) in [7, 11) is 1.47. The van der Waals surface area contributed by atoms with Gasteiger partial charge in [-0.2, -0.15) is 0 Å². The van der Waals surface area contributed by atoms with Crippen LogP contribution in [-0.4, -0.2) is 25.7 Å². The average molecular weight is 562 g/mol. The molecule has 37 heavy (non-hydrogen) atoms. The van der Waals surface area contributed by atoms with Crippen molar-refractivity contribution in [3.63, 3.8) is 0 Å². The average Bonchev–Trinajstić information content (AvgIpc) is 2.88. The molecule has 3 aromatic rings. The lowest BCUT2D eigenvalue weighted by Gasteiger charge is -2.30. The zero-order valence-corrected chi connectivity index (χ0v) is 22.2. The first-order valence-electron chi connectivity index (χ1n) is 11.3. The zero-order valence-electron chi connectivity index (χ0n) is 19.9. The molecule has 192 valence electrons. The van der Waals surface area contributed by atoms with Crippen molar-refractivity contribution in [2.75, 3.05) is 13.7 Å². The molecular formula is C27H23Cl3N2O5. The van der Waals surface area contributed by atoms with Crippen molar-refractivity contribution < 1.29 is 23.8 Å². The molecule has 0 fully saturated rings. The molecule has 0 radical (unpaired) electrons. The highest BCUT2D eigenvalue weighted by molar-refractivity contribution is 6.35. The molecule has 0 bridgehead atoms. The fourth-order valence-corrected chi connectivity index (χ4v) is 4.65. The van der Waals surface area contributed by atoms with Gasteiger partial charge in [0.15, 0.2) is 11.5 Å². The molecule has 10 heteroatoms. The van der Waals surface area contributed by atoms with E-state index in [0.29, 0.717) is 38.2 Å². The highest BCUT2D eigenvalue weighted by atomic mass is 35.5. The van der Waals surface area contributed by atoms with E-state index < -0.39 is 18.0 Å². The summed E-state index contributed by atoms with van der Waals surface area (Å²) in [5.74, 6) is 0.0145. The molecule has 4 rings (SSSR count). The summed E-state index contributed by atoms with van der Waals surface area (Å²) in [6.07, 6.45) is 0. The minimum atomic E-state index is -0.867. The first kappa shape index (κ1) is 26.7. The van der Waals surface area contributed by atoms with Gasteiger partial charge in [0.05, 0.1) is 36.1 Å². The maximum Gasteiger partial charge on any atom is 0.338 e. The number of methoxy groups -OCH3 is 1. The van der Waals surface area contributed by atoms with Gasteiger partial charge in [0.2, 0.25) is 0 Å². The normalized spacial score (nSPS) is 15.1. The SMILES string of the molecule is CCOC(=O)C1=C(c2ccccc2)NC(=O)N[C@@H]1c1cc(Cl)c(OCc2ccc(Cl)cc2Cl)c(OC)c1. The van der Waals surface area contributed by atoms with E-state index in [1.54, 1.807) is 49.4 Å². The minimum absolute atomic E-state index is 0.113. The number of hydrogen-bond acceptors (Lipinski definition) is 5. The Bertz CT molecular complexity index is 1360. The molecule has 0 saturated heterocycles. The van der Waals surface area contributed by atoms with Gasteiger partial charge in [-0.3, -0.25) is 0 Å². The lowest BCUT2D eigenvalue weighted by atomic mass is 9.92. The first-order chi connectivity index (χ1) is 17.8. The number of benzene rings is 3. The van der Waals surface area contributed by atoms with Crippen molar-refractivity contribution in [3.05, 3.63) is 98.0 Å². The fraction of sp³-hybridized carbons (Fsp3) is 0.185. The number of rotatable bonds is 8. The predicted octanol–water partition coefficient (Wildman–Crippen LogP) is 6.56. The molecular weight excluding hydrogens is 539 g/mol. The minimum Gasteiger partial charge on any atom is -0.493 e. The van der Waals surface area contributed by atoms with Crippen LogP contribution in [0.25, 0.3) is 5.70 Å². The summed E-state index contributed by atoms with van der Waals surface area (Å²) in [6.45, 7) is 1.99. The van der Waals surface area contributed by atoms with E-state index in [-0.39, 0.29) is 29.6 Å². The molecule has 0 unspecified atom stereocenters. The number of urea groups is 1. The van der Waals surface area contributed by atoms with Crippen molar-refractivity contribution >= 4 is 52.5 Å². The van der Waals surface area contributed by atoms with Crippen molar-refractivity contribution in [3.8, 4) is 11.5 Å². The lowest BCUT2D eigenvalue weighted by Crippen LogP contribution is -2.45. The molecule has 1 aliphatic heterocycles. The van der Waals surface area contributed by atoms with Crippen molar-refractivity contribution in [1.82, 2.24) is 10.6 Å². The molecule has 0 aliphatic carbocycles. The molecule has 0 saturated carbocycles. The molecule has 3 aromatic carbocycles. The number of carbonyl (C=O) groups excluding carboxylic acids is 2. The van der Waals surface area contributed by atoms with Gasteiger partial charge in [0, 0.05) is 15.6 Å². The molecule has 1 atom stereocenters. The number of carbonyl (C=O) groups is 2. The van der Waals surface area contributed by atoms with Crippen molar-refractivity contribution in [2.24, 2.45) is 0 Å². The fourth-order valence-electron chi connectivity index (χ4n) is 3.91. The third-order valence-corrected chi connectivity index (χ3v) is 6.47. The van der Waals surface area contributed by atoms with Crippen LogP contribution in [0.5, 0.6) is 11.5 Å². The summed E-state index contributed by atoms with van der Waals surface area (Å²) in [4.78, 5) is 25.8. The molecule has 1 aliphatic rings. The Morgan fingerprint density at radius 2 is 1.76 bits per heavy atom. The topological polar surface area (TPSA) is 85.9 Å². The maximum absolute atomic E-state index is 13.1. The van der Waals surface area contributed by atoms with Crippen molar-refractivity contribution in [1.29, 1.82) is 0 Å². The van der Waals surface area contributed by atoms with E-state index in [4.69, 9.17) is 49.0 Å². The molecule has 2 N–H and O–H groups in total. The van der Waals surface area contributed by atoms with Crippen LogP contribution in [0.15, 0.2) is 66.2 Å². The number of hydrogen-bond donors (Lipinski definition) is 2. The van der Waals surface area contributed by atoms with Gasteiger partial charge in [-0.05, 0) is 42.3 Å². The molecule has 2 amide bonds. The summed E-state index contributed by atoms with van der Waals surface area (Å²) in [5.41, 5.74) is 2.44. The maximum atomic E-state index is 13.1. The number of halogens is 3. The lowest BCUT2D eigenvalue weighted by molar-refractivity contribution is -0.138. The summed E-state index contributed by atoms with van der Waals surface area (Å²) in [5, 5.41) is 6.72. The number of amides is 2. The van der Waals surface area contributed by atoms with E-state index in [1.165, 1.54) is 7.11 Å². The number of esters is 1. The van der Waals surface area contributed by atoms with E-state index in [9.17, 15) is 9.59 Å². The van der Waals surface area contributed by atoms with E-state index >= 15 is 0 Å². The highest BCUT2D eigenvalue weighted by Gasteiger charge is 2.35. The van der Waals surface area contributed by atoms with Crippen molar-refractivity contribution in [2.45, 2.75) is 19.6 Å². The van der Waals surface area contributed by atoms with Crippen LogP contribution in [0, 0.1) is 0 Å². The van der Waals surface area contributed by atoms with Crippen LogP contribution in [-0.2, 0) is 16.1 Å². The van der Waals surface area contributed by atoms with Crippen LogP contribution >= 0.6 is 34.8 Å². The van der Waals surface area contributed by atoms with E-state index in [2.05, 4.69) is 10.6 Å². The zero-order chi connectivity index (χ0) is 26.5. The van der Waals surface area contributed by atoms with Crippen LogP contribution in [0.2, 0.25) is 15.1 Å². The molecule has 1 heterocycles. The van der Waals surface area contributed by atoms with Crippen LogP contribution in [0.4, 0.5) is 4.79 Å². The van der Waals surface area contributed by atoms with E-state index in [1.807, 2.05) is 18.2 Å². The Labute approximate surface area is 229 Å². The quantitative estimate of drug-likeness (QED) is 0.304. The Morgan fingerprint density at radius 1 is 1.00 bits per heavy atom. The second-order valence-electron chi connectivity index (χ2n) is 7.97. The smallest absolute Gasteiger partial charge is 0.338 e. The number of ether oxygens (including phenoxy) is 3. The van der Waals surface area contributed by atoms with Gasteiger partial charge in [-0.15, -0.1) is 0 Å². The molecule has 0 spiro atoms. The summed E-state index contributed by atoms with van der Waals surface area (Å²) >= 11 is 18.9. The third-order valence-electron chi connectivity index (χ3n) is 5.60. The predicted molar refractivity (Wildman–Crippen MR) is 143 cm³/mol. The van der Waals surface area contributed by atoms with Crippen LogP contribution in [0.1, 0.15) is 29.7 Å².